The maximum Gasteiger partial charge on any atom is 0.248 e. The maximum atomic E-state index is 11.9. The van der Waals surface area contributed by atoms with Crippen LogP contribution >= 0.6 is 0 Å². The van der Waals surface area contributed by atoms with Crippen LogP contribution in [0, 0.1) is 0 Å². The molecule has 5 nitrogen and oxygen atoms in total. The van der Waals surface area contributed by atoms with Crippen LogP contribution in [0.4, 0.5) is 0 Å². The van der Waals surface area contributed by atoms with Gasteiger partial charge in [-0.3, -0.25) is 4.79 Å². The Hall–Kier alpha value is -1.43. The second-order valence-electron chi connectivity index (χ2n) is 5.40. The molecule has 0 aliphatic rings. The molecule has 21 heavy (non-hydrogen) atoms. The SMILES string of the molecule is COCCC(C)(O)CNC(=O)C(C)OCc1ccccc1. The summed E-state index contributed by atoms with van der Waals surface area (Å²) >= 11 is 0. The topological polar surface area (TPSA) is 67.8 Å². The molecular formula is C16H25NO4. The van der Waals surface area contributed by atoms with Gasteiger partial charge in [0, 0.05) is 26.7 Å². The molecule has 0 spiro atoms. The van der Waals surface area contributed by atoms with E-state index in [1.807, 2.05) is 30.3 Å². The predicted octanol–water partition coefficient (Wildman–Crippen LogP) is 1.50. The zero-order valence-corrected chi connectivity index (χ0v) is 13.0. The van der Waals surface area contributed by atoms with Gasteiger partial charge in [-0.1, -0.05) is 30.3 Å². The van der Waals surface area contributed by atoms with Gasteiger partial charge in [-0.25, -0.2) is 0 Å². The van der Waals surface area contributed by atoms with E-state index < -0.39 is 11.7 Å². The summed E-state index contributed by atoms with van der Waals surface area (Å²) < 4.78 is 10.4. The summed E-state index contributed by atoms with van der Waals surface area (Å²) in [6.07, 6.45) is -0.105. The molecule has 0 bridgehead atoms. The second-order valence-corrected chi connectivity index (χ2v) is 5.40. The largest absolute Gasteiger partial charge is 0.388 e. The molecule has 0 saturated carbocycles. The first-order valence-corrected chi connectivity index (χ1v) is 7.09. The summed E-state index contributed by atoms with van der Waals surface area (Å²) in [6.45, 7) is 4.37. The van der Waals surface area contributed by atoms with Crippen molar-refractivity contribution in [1.82, 2.24) is 5.32 Å². The second kappa shape index (κ2) is 8.77. The number of carbonyl (C=O) groups excluding carboxylic acids is 1. The van der Waals surface area contributed by atoms with E-state index in [4.69, 9.17) is 9.47 Å². The Morgan fingerprint density at radius 1 is 1.38 bits per heavy atom. The summed E-state index contributed by atoms with van der Waals surface area (Å²) in [6, 6.07) is 9.68. The lowest BCUT2D eigenvalue weighted by Gasteiger charge is -2.24. The third-order valence-electron chi connectivity index (χ3n) is 3.20. The summed E-state index contributed by atoms with van der Waals surface area (Å²) in [5, 5.41) is 12.7. The lowest BCUT2D eigenvalue weighted by atomic mass is 10.0. The van der Waals surface area contributed by atoms with Crippen LogP contribution in [0.3, 0.4) is 0 Å². The summed E-state index contributed by atoms with van der Waals surface area (Å²) in [5.74, 6) is -0.233. The molecule has 2 atom stereocenters. The Bertz CT molecular complexity index is 420. The standard InChI is InChI=1S/C16H25NO4/c1-13(21-11-14-7-5-4-6-8-14)15(18)17-12-16(2,19)9-10-20-3/h4-8,13,19H,9-12H2,1-3H3,(H,17,18). The number of aliphatic hydroxyl groups is 1. The van der Waals surface area contributed by atoms with Crippen LogP contribution < -0.4 is 5.32 Å². The van der Waals surface area contributed by atoms with E-state index in [-0.39, 0.29) is 12.5 Å². The third-order valence-corrected chi connectivity index (χ3v) is 3.20. The normalized spacial score (nSPS) is 15.2. The minimum Gasteiger partial charge on any atom is -0.388 e. The van der Waals surface area contributed by atoms with Crippen molar-refractivity contribution in [2.24, 2.45) is 0 Å². The highest BCUT2D eigenvalue weighted by molar-refractivity contribution is 5.80. The number of rotatable bonds is 9. The number of hydrogen-bond acceptors (Lipinski definition) is 4. The van der Waals surface area contributed by atoms with Crippen molar-refractivity contribution in [3.05, 3.63) is 35.9 Å². The minimum absolute atomic E-state index is 0.175. The van der Waals surface area contributed by atoms with Gasteiger partial charge in [0.05, 0.1) is 12.2 Å². The molecule has 2 unspecified atom stereocenters. The maximum absolute atomic E-state index is 11.9. The van der Waals surface area contributed by atoms with Crippen LogP contribution in [-0.2, 0) is 20.9 Å². The molecular weight excluding hydrogens is 270 g/mol. The molecule has 0 aliphatic heterocycles. The van der Waals surface area contributed by atoms with Crippen molar-refractivity contribution in [2.45, 2.75) is 38.6 Å². The summed E-state index contributed by atoms with van der Waals surface area (Å²) in [4.78, 5) is 11.9. The average Bonchev–Trinajstić information content (AvgIpc) is 2.49. The fourth-order valence-electron chi connectivity index (χ4n) is 1.70. The minimum atomic E-state index is -0.981. The Morgan fingerprint density at radius 3 is 2.67 bits per heavy atom. The van der Waals surface area contributed by atoms with E-state index in [1.54, 1.807) is 21.0 Å². The highest BCUT2D eigenvalue weighted by Gasteiger charge is 2.22. The van der Waals surface area contributed by atoms with Crippen LogP contribution in [0.25, 0.3) is 0 Å². The van der Waals surface area contributed by atoms with E-state index in [2.05, 4.69) is 5.32 Å². The number of nitrogens with one attached hydrogen (secondary N) is 1. The van der Waals surface area contributed by atoms with Crippen LogP contribution in [0.2, 0.25) is 0 Å². The number of amides is 1. The number of ether oxygens (including phenoxy) is 2. The van der Waals surface area contributed by atoms with Crippen LogP contribution in [0.5, 0.6) is 0 Å². The van der Waals surface area contributed by atoms with Gasteiger partial charge in [0.1, 0.15) is 6.10 Å². The molecule has 1 aromatic carbocycles. The van der Waals surface area contributed by atoms with Gasteiger partial charge < -0.3 is 19.9 Å². The van der Waals surface area contributed by atoms with Gasteiger partial charge in [0.25, 0.3) is 0 Å². The van der Waals surface area contributed by atoms with Crippen LogP contribution in [0.1, 0.15) is 25.8 Å². The molecule has 0 saturated heterocycles. The highest BCUT2D eigenvalue weighted by Crippen LogP contribution is 2.08. The number of benzene rings is 1. The molecule has 1 aromatic rings. The first-order chi connectivity index (χ1) is 9.94. The van der Waals surface area contributed by atoms with Gasteiger partial charge in [-0.15, -0.1) is 0 Å². The zero-order chi connectivity index (χ0) is 15.7. The number of methoxy groups -OCH3 is 1. The predicted molar refractivity (Wildman–Crippen MR) is 80.8 cm³/mol. The quantitative estimate of drug-likeness (QED) is 0.724. The highest BCUT2D eigenvalue weighted by atomic mass is 16.5. The molecule has 118 valence electrons. The zero-order valence-electron chi connectivity index (χ0n) is 13.0. The molecule has 0 aromatic heterocycles. The van der Waals surface area contributed by atoms with Crippen molar-refractivity contribution in [3.8, 4) is 0 Å². The van der Waals surface area contributed by atoms with Crippen molar-refractivity contribution in [3.63, 3.8) is 0 Å². The molecule has 1 amide bonds. The average molecular weight is 295 g/mol. The van der Waals surface area contributed by atoms with E-state index in [9.17, 15) is 9.90 Å². The molecule has 0 heterocycles. The molecule has 0 aliphatic carbocycles. The monoisotopic (exact) mass is 295 g/mol. The molecule has 0 fully saturated rings. The first kappa shape index (κ1) is 17.6. The molecule has 0 radical (unpaired) electrons. The van der Waals surface area contributed by atoms with E-state index in [0.717, 1.165) is 5.56 Å². The van der Waals surface area contributed by atoms with Crippen molar-refractivity contribution >= 4 is 5.91 Å². The van der Waals surface area contributed by atoms with Gasteiger partial charge >= 0.3 is 0 Å². The van der Waals surface area contributed by atoms with Gasteiger partial charge in [0.15, 0.2) is 0 Å². The van der Waals surface area contributed by atoms with Crippen LogP contribution in [-0.4, -0.2) is 43.0 Å². The number of carbonyl (C=O) groups is 1. The Morgan fingerprint density at radius 2 is 2.05 bits per heavy atom. The molecule has 2 N–H and O–H groups in total. The molecule has 1 rings (SSSR count). The number of hydrogen-bond donors (Lipinski definition) is 2. The lowest BCUT2D eigenvalue weighted by molar-refractivity contribution is -0.133. The fourth-order valence-corrected chi connectivity index (χ4v) is 1.70. The Balaban J connectivity index is 2.31. The van der Waals surface area contributed by atoms with Gasteiger partial charge in [-0.05, 0) is 19.4 Å². The van der Waals surface area contributed by atoms with E-state index >= 15 is 0 Å². The van der Waals surface area contributed by atoms with E-state index in [0.29, 0.717) is 19.6 Å². The smallest absolute Gasteiger partial charge is 0.248 e. The Kier molecular flexibility index (Phi) is 7.36. The van der Waals surface area contributed by atoms with Gasteiger partial charge in [0.2, 0.25) is 5.91 Å². The fraction of sp³-hybridized carbons (Fsp3) is 0.562. The molecule has 5 heteroatoms. The first-order valence-electron chi connectivity index (χ1n) is 7.09. The lowest BCUT2D eigenvalue weighted by Crippen LogP contribution is -2.44. The summed E-state index contributed by atoms with van der Waals surface area (Å²) in [7, 11) is 1.58. The van der Waals surface area contributed by atoms with E-state index in [1.165, 1.54) is 0 Å². The van der Waals surface area contributed by atoms with Gasteiger partial charge in [-0.2, -0.15) is 0 Å². The summed E-state index contributed by atoms with van der Waals surface area (Å²) in [5.41, 5.74) is 0.0365. The van der Waals surface area contributed by atoms with Crippen molar-refractivity contribution in [2.75, 3.05) is 20.3 Å². The van der Waals surface area contributed by atoms with Crippen molar-refractivity contribution in [1.29, 1.82) is 0 Å². The Labute approximate surface area is 126 Å². The van der Waals surface area contributed by atoms with Crippen LogP contribution in [0.15, 0.2) is 30.3 Å². The third kappa shape index (κ3) is 7.22. The van der Waals surface area contributed by atoms with Crippen molar-refractivity contribution < 1.29 is 19.4 Å².